The number of aromatic nitrogens is 2. The summed E-state index contributed by atoms with van der Waals surface area (Å²) in [6, 6.07) is 6.89. The molecule has 7 heteroatoms. The molecular weight excluding hydrogens is 384 g/mol. The van der Waals surface area contributed by atoms with Gasteiger partial charge in [-0.15, -0.1) is 10.2 Å². The lowest BCUT2D eigenvalue weighted by Gasteiger charge is -2.13. The highest BCUT2D eigenvalue weighted by Gasteiger charge is 2.14. The highest BCUT2D eigenvalue weighted by Crippen LogP contribution is 2.20. The first-order valence-electron chi connectivity index (χ1n) is 10.2. The van der Waals surface area contributed by atoms with Gasteiger partial charge in [-0.25, -0.2) is 0 Å². The minimum absolute atomic E-state index is 0.0956. The summed E-state index contributed by atoms with van der Waals surface area (Å²) in [5, 5.41) is 15.0. The van der Waals surface area contributed by atoms with Crippen LogP contribution < -0.4 is 10.6 Å². The van der Waals surface area contributed by atoms with Crippen LogP contribution in [0.3, 0.4) is 0 Å². The molecule has 0 aliphatic heterocycles. The Kier molecular flexibility index (Phi) is 7.52. The molecular formula is C22H28N4O2S. The average Bonchev–Trinajstić information content (AvgIpc) is 3.17. The molecule has 0 radical (unpaired) electrons. The Morgan fingerprint density at radius 3 is 2.59 bits per heavy atom. The topological polar surface area (TPSA) is 84.0 Å². The standard InChI is InChI=1S/C22H28N4O2S/c1-15(2)14-19-25-26-22(29-19)21(28)24-18-10-8-17(9-11-18)20(27)23-13-12-16-6-4-3-5-7-16/h6,8-11,15H,3-5,7,12-14H2,1-2H3,(H,23,27)(H,24,28). The minimum Gasteiger partial charge on any atom is -0.352 e. The number of amides is 2. The average molecular weight is 413 g/mol. The van der Waals surface area contributed by atoms with Gasteiger partial charge in [0.1, 0.15) is 5.01 Å². The van der Waals surface area contributed by atoms with Gasteiger partial charge in [-0.3, -0.25) is 9.59 Å². The Hall–Kier alpha value is -2.54. The summed E-state index contributed by atoms with van der Waals surface area (Å²) in [6.07, 6.45) is 8.87. The van der Waals surface area contributed by atoms with Crippen molar-refractivity contribution in [3.63, 3.8) is 0 Å². The minimum atomic E-state index is -0.282. The summed E-state index contributed by atoms with van der Waals surface area (Å²) in [5.74, 6) is 0.0918. The lowest BCUT2D eigenvalue weighted by atomic mass is 9.97. The number of allylic oxidation sites excluding steroid dienone is 1. The molecule has 2 N–H and O–H groups in total. The Morgan fingerprint density at radius 1 is 1.10 bits per heavy atom. The van der Waals surface area contributed by atoms with Gasteiger partial charge in [0, 0.05) is 24.2 Å². The molecule has 0 saturated heterocycles. The van der Waals surface area contributed by atoms with E-state index in [4.69, 9.17) is 0 Å². The van der Waals surface area contributed by atoms with E-state index in [1.54, 1.807) is 24.3 Å². The third kappa shape index (κ3) is 6.49. The molecule has 3 rings (SSSR count). The van der Waals surface area contributed by atoms with Crippen LogP contribution in [0.25, 0.3) is 0 Å². The van der Waals surface area contributed by atoms with E-state index in [0.717, 1.165) is 30.7 Å². The molecule has 1 aliphatic rings. The smallest absolute Gasteiger partial charge is 0.286 e. The molecule has 0 unspecified atom stereocenters. The summed E-state index contributed by atoms with van der Waals surface area (Å²) in [4.78, 5) is 24.6. The zero-order valence-corrected chi connectivity index (χ0v) is 17.8. The van der Waals surface area contributed by atoms with Gasteiger partial charge >= 0.3 is 0 Å². The number of nitrogens with zero attached hydrogens (tertiary/aromatic N) is 2. The molecule has 0 saturated carbocycles. The predicted octanol–water partition coefficient (Wildman–Crippen LogP) is 4.61. The lowest BCUT2D eigenvalue weighted by Crippen LogP contribution is -2.24. The highest BCUT2D eigenvalue weighted by atomic mass is 32.1. The first-order chi connectivity index (χ1) is 14.0. The maximum atomic E-state index is 12.3. The number of nitrogens with one attached hydrogen (secondary N) is 2. The van der Waals surface area contributed by atoms with Crippen LogP contribution in [0.2, 0.25) is 0 Å². The monoisotopic (exact) mass is 412 g/mol. The Balaban J connectivity index is 1.48. The zero-order chi connectivity index (χ0) is 20.6. The van der Waals surface area contributed by atoms with Gasteiger partial charge in [0.15, 0.2) is 0 Å². The van der Waals surface area contributed by atoms with Crippen LogP contribution in [0, 0.1) is 5.92 Å². The van der Waals surface area contributed by atoms with Crippen molar-refractivity contribution in [2.75, 3.05) is 11.9 Å². The van der Waals surface area contributed by atoms with Gasteiger partial charge in [0.2, 0.25) is 5.01 Å². The van der Waals surface area contributed by atoms with Gasteiger partial charge in [-0.2, -0.15) is 0 Å². The molecule has 29 heavy (non-hydrogen) atoms. The third-order valence-electron chi connectivity index (χ3n) is 4.77. The molecule has 154 valence electrons. The van der Waals surface area contributed by atoms with E-state index in [1.807, 2.05) is 0 Å². The first-order valence-corrected chi connectivity index (χ1v) is 11.0. The van der Waals surface area contributed by atoms with Crippen LogP contribution in [0.4, 0.5) is 5.69 Å². The van der Waals surface area contributed by atoms with Crippen molar-refractivity contribution in [1.29, 1.82) is 0 Å². The molecule has 1 aromatic heterocycles. The molecule has 1 heterocycles. The second-order valence-electron chi connectivity index (χ2n) is 7.74. The molecule has 1 aromatic carbocycles. The fourth-order valence-corrected chi connectivity index (χ4v) is 4.18. The second-order valence-corrected chi connectivity index (χ2v) is 8.81. The molecule has 2 amide bonds. The maximum absolute atomic E-state index is 12.3. The molecule has 0 spiro atoms. The Morgan fingerprint density at radius 2 is 1.90 bits per heavy atom. The largest absolute Gasteiger partial charge is 0.352 e. The van der Waals surface area contributed by atoms with Gasteiger partial charge < -0.3 is 10.6 Å². The second kappa shape index (κ2) is 10.3. The van der Waals surface area contributed by atoms with E-state index in [2.05, 4.69) is 40.8 Å². The van der Waals surface area contributed by atoms with Crippen molar-refractivity contribution < 1.29 is 9.59 Å². The van der Waals surface area contributed by atoms with Crippen LogP contribution in [-0.2, 0) is 6.42 Å². The van der Waals surface area contributed by atoms with E-state index < -0.39 is 0 Å². The number of rotatable bonds is 8. The van der Waals surface area contributed by atoms with Crippen molar-refractivity contribution in [1.82, 2.24) is 15.5 Å². The van der Waals surface area contributed by atoms with Crippen molar-refractivity contribution in [3.05, 3.63) is 51.5 Å². The Labute approximate surface area is 175 Å². The van der Waals surface area contributed by atoms with Crippen LogP contribution in [0.15, 0.2) is 35.9 Å². The number of hydrogen-bond donors (Lipinski definition) is 2. The van der Waals surface area contributed by atoms with Gasteiger partial charge in [0.25, 0.3) is 11.8 Å². The Bertz CT molecular complexity index is 871. The molecule has 1 aliphatic carbocycles. The van der Waals surface area contributed by atoms with Crippen LogP contribution in [-0.4, -0.2) is 28.6 Å². The fourth-order valence-electron chi connectivity index (χ4n) is 3.24. The maximum Gasteiger partial charge on any atom is 0.286 e. The van der Waals surface area contributed by atoms with E-state index in [0.29, 0.717) is 28.7 Å². The van der Waals surface area contributed by atoms with Gasteiger partial charge in [0.05, 0.1) is 0 Å². The number of anilines is 1. The number of benzene rings is 1. The van der Waals surface area contributed by atoms with E-state index in [-0.39, 0.29) is 11.8 Å². The van der Waals surface area contributed by atoms with Crippen LogP contribution in [0.5, 0.6) is 0 Å². The van der Waals surface area contributed by atoms with E-state index in [9.17, 15) is 9.59 Å². The summed E-state index contributed by atoms with van der Waals surface area (Å²) in [5.41, 5.74) is 2.65. The van der Waals surface area contributed by atoms with Crippen LogP contribution >= 0.6 is 11.3 Å². The summed E-state index contributed by atoms with van der Waals surface area (Å²) in [7, 11) is 0. The van der Waals surface area contributed by atoms with Crippen molar-refractivity contribution >= 4 is 28.8 Å². The van der Waals surface area contributed by atoms with E-state index in [1.165, 1.54) is 29.8 Å². The van der Waals surface area contributed by atoms with Crippen molar-refractivity contribution in [2.24, 2.45) is 5.92 Å². The molecule has 6 nitrogen and oxygen atoms in total. The zero-order valence-electron chi connectivity index (χ0n) is 17.0. The summed E-state index contributed by atoms with van der Waals surface area (Å²) < 4.78 is 0. The van der Waals surface area contributed by atoms with E-state index >= 15 is 0 Å². The highest BCUT2D eigenvalue weighted by molar-refractivity contribution is 7.13. The number of hydrogen-bond acceptors (Lipinski definition) is 5. The van der Waals surface area contributed by atoms with Crippen molar-refractivity contribution in [2.45, 2.75) is 52.4 Å². The predicted molar refractivity (Wildman–Crippen MR) is 116 cm³/mol. The number of carbonyl (C=O) groups is 2. The SMILES string of the molecule is CC(C)Cc1nnc(C(=O)Nc2ccc(C(=O)NCCC3=CCCCC3)cc2)s1. The van der Waals surface area contributed by atoms with Crippen LogP contribution in [0.1, 0.15) is 71.1 Å². The first kappa shape index (κ1) is 21.2. The summed E-state index contributed by atoms with van der Waals surface area (Å²) >= 11 is 1.31. The number of carbonyl (C=O) groups excluding carboxylic acids is 2. The molecule has 0 atom stereocenters. The van der Waals surface area contributed by atoms with Gasteiger partial charge in [-0.05, 0) is 62.3 Å². The fraction of sp³-hybridized carbons (Fsp3) is 0.455. The quantitative estimate of drug-likeness (QED) is 0.620. The van der Waals surface area contributed by atoms with Crippen molar-refractivity contribution in [3.8, 4) is 0 Å². The normalized spacial score (nSPS) is 13.8. The van der Waals surface area contributed by atoms with Gasteiger partial charge in [-0.1, -0.05) is 36.8 Å². The lowest BCUT2D eigenvalue weighted by molar-refractivity contribution is 0.0953. The molecule has 2 aromatic rings. The summed E-state index contributed by atoms with van der Waals surface area (Å²) in [6.45, 7) is 4.86. The third-order valence-corrected chi connectivity index (χ3v) is 5.71. The molecule has 0 bridgehead atoms. The molecule has 0 fully saturated rings.